The van der Waals surface area contributed by atoms with Crippen molar-refractivity contribution in [2.75, 3.05) is 13.1 Å². The van der Waals surface area contributed by atoms with Gasteiger partial charge < -0.3 is 4.90 Å². The quantitative estimate of drug-likeness (QED) is 0.805. The van der Waals surface area contributed by atoms with Gasteiger partial charge >= 0.3 is 6.03 Å². The maximum absolute atomic E-state index is 12.8. The van der Waals surface area contributed by atoms with E-state index < -0.39 is 11.9 Å². The number of rotatable bonds is 2. The van der Waals surface area contributed by atoms with Crippen LogP contribution in [0.25, 0.3) is 0 Å². The number of urea groups is 1. The molecule has 7 heteroatoms. The van der Waals surface area contributed by atoms with Crippen LogP contribution < -0.4 is 0 Å². The molecule has 0 saturated carbocycles. The van der Waals surface area contributed by atoms with Gasteiger partial charge in [-0.05, 0) is 38.0 Å². The molecule has 1 fully saturated rings. The highest BCUT2D eigenvalue weighted by molar-refractivity contribution is 7.13. The van der Waals surface area contributed by atoms with Crippen LogP contribution in [0.5, 0.6) is 0 Å². The zero-order valence-electron chi connectivity index (χ0n) is 14.4. The van der Waals surface area contributed by atoms with E-state index in [1.165, 1.54) is 16.2 Å². The Morgan fingerprint density at radius 2 is 1.96 bits per heavy atom. The van der Waals surface area contributed by atoms with E-state index in [0.29, 0.717) is 31.6 Å². The van der Waals surface area contributed by atoms with Crippen molar-refractivity contribution in [1.29, 1.82) is 0 Å². The van der Waals surface area contributed by atoms with Crippen molar-refractivity contribution in [3.8, 4) is 0 Å². The third-order valence-corrected chi connectivity index (χ3v) is 5.99. The lowest BCUT2D eigenvalue weighted by atomic mass is 9.93. The van der Waals surface area contributed by atoms with Crippen molar-refractivity contribution in [2.24, 2.45) is 10.9 Å². The number of carbonyl (C=O) groups is 3. The molecule has 0 bridgehead atoms. The summed E-state index contributed by atoms with van der Waals surface area (Å²) >= 11 is 1.49. The molecule has 0 aromatic carbocycles. The van der Waals surface area contributed by atoms with Crippen molar-refractivity contribution in [3.63, 3.8) is 0 Å². The van der Waals surface area contributed by atoms with Crippen molar-refractivity contribution in [3.05, 3.63) is 46.2 Å². The lowest BCUT2D eigenvalue weighted by Gasteiger charge is -2.39. The molecule has 4 rings (SSSR count). The van der Waals surface area contributed by atoms with Gasteiger partial charge in [-0.25, -0.2) is 4.79 Å². The lowest BCUT2D eigenvalue weighted by molar-refractivity contribution is -0.131. The Morgan fingerprint density at radius 1 is 1.19 bits per heavy atom. The number of thiophene rings is 1. The fraction of sp³-hybridized carbons (Fsp3) is 0.368. The maximum Gasteiger partial charge on any atom is 0.350 e. The van der Waals surface area contributed by atoms with E-state index in [1.807, 2.05) is 19.1 Å². The van der Waals surface area contributed by atoms with Gasteiger partial charge in [0, 0.05) is 24.0 Å². The summed E-state index contributed by atoms with van der Waals surface area (Å²) in [6, 6.07) is 3.11. The summed E-state index contributed by atoms with van der Waals surface area (Å²) in [6.07, 6.45) is 8.25. The van der Waals surface area contributed by atoms with E-state index >= 15 is 0 Å². The van der Waals surface area contributed by atoms with E-state index in [4.69, 9.17) is 0 Å². The Hall–Kier alpha value is -2.54. The highest BCUT2D eigenvalue weighted by Gasteiger charge is 2.41. The van der Waals surface area contributed by atoms with Crippen LogP contribution in [-0.4, -0.2) is 52.5 Å². The first-order valence-corrected chi connectivity index (χ1v) is 9.52. The fourth-order valence-electron chi connectivity index (χ4n) is 3.62. The number of fused-ring (bicyclic) bond motifs is 1. The van der Waals surface area contributed by atoms with Crippen molar-refractivity contribution in [2.45, 2.75) is 25.8 Å². The van der Waals surface area contributed by atoms with Crippen LogP contribution in [0.15, 0.2) is 41.4 Å². The Balaban J connectivity index is 1.45. The van der Waals surface area contributed by atoms with Crippen molar-refractivity contribution < 1.29 is 14.4 Å². The van der Waals surface area contributed by atoms with Crippen LogP contribution in [-0.2, 0) is 4.79 Å². The number of allylic oxidation sites excluding steroid dienone is 3. The summed E-state index contributed by atoms with van der Waals surface area (Å²) in [4.78, 5) is 46.7. The third kappa shape index (κ3) is 2.92. The molecule has 6 nitrogen and oxygen atoms in total. The highest BCUT2D eigenvalue weighted by atomic mass is 32.1. The number of hydrogen-bond donors (Lipinski definition) is 0. The average molecular weight is 369 g/mol. The van der Waals surface area contributed by atoms with E-state index in [-0.39, 0.29) is 17.9 Å². The van der Waals surface area contributed by atoms with Crippen LogP contribution in [0.4, 0.5) is 4.79 Å². The predicted molar refractivity (Wildman–Crippen MR) is 99.4 cm³/mol. The second-order valence-corrected chi connectivity index (χ2v) is 7.97. The number of piperidine rings is 1. The molecule has 3 aliphatic rings. The molecule has 1 atom stereocenters. The number of aliphatic imine (C=N–C) groups is 1. The summed E-state index contributed by atoms with van der Waals surface area (Å²) in [5.41, 5.74) is 0.513. The van der Waals surface area contributed by atoms with Gasteiger partial charge in [0.15, 0.2) is 0 Å². The molecule has 134 valence electrons. The van der Waals surface area contributed by atoms with Crippen LogP contribution in [0.1, 0.15) is 27.4 Å². The van der Waals surface area contributed by atoms with Crippen LogP contribution in [0, 0.1) is 12.8 Å². The molecule has 1 aliphatic carbocycles. The Labute approximate surface area is 155 Å². The first kappa shape index (κ1) is 16.9. The molecule has 3 heterocycles. The van der Waals surface area contributed by atoms with Gasteiger partial charge in [-0.15, -0.1) is 11.3 Å². The minimum Gasteiger partial charge on any atom is -0.338 e. The molecule has 1 unspecified atom stereocenters. The summed E-state index contributed by atoms with van der Waals surface area (Å²) in [7, 11) is 0. The summed E-state index contributed by atoms with van der Waals surface area (Å²) < 4.78 is 0. The van der Waals surface area contributed by atoms with Gasteiger partial charge in [-0.1, -0.05) is 18.2 Å². The monoisotopic (exact) mass is 369 g/mol. The predicted octanol–water partition coefficient (Wildman–Crippen LogP) is 2.81. The number of amides is 4. The molecule has 0 spiro atoms. The van der Waals surface area contributed by atoms with E-state index in [2.05, 4.69) is 4.99 Å². The summed E-state index contributed by atoms with van der Waals surface area (Å²) in [5, 5.41) is 0. The third-order valence-electron chi connectivity index (χ3n) is 5.00. The number of hydrogen-bond acceptors (Lipinski definition) is 4. The SMILES string of the molecule is Cc1ccc(C(=O)N2CCC(N3C(=O)N=C4C=CC=CC4C3=O)CC2)s1. The summed E-state index contributed by atoms with van der Waals surface area (Å²) in [6.45, 7) is 3.05. The van der Waals surface area contributed by atoms with E-state index in [9.17, 15) is 14.4 Å². The Bertz CT molecular complexity index is 859. The van der Waals surface area contributed by atoms with Crippen molar-refractivity contribution in [1.82, 2.24) is 9.80 Å². The second-order valence-electron chi connectivity index (χ2n) is 6.68. The molecule has 2 aliphatic heterocycles. The van der Waals surface area contributed by atoms with Gasteiger partial charge in [-0.3, -0.25) is 14.5 Å². The molecule has 1 saturated heterocycles. The molecule has 1 aromatic rings. The summed E-state index contributed by atoms with van der Waals surface area (Å²) in [5.74, 6) is -0.649. The molecular weight excluding hydrogens is 350 g/mol. The maximum atomic E-state index is 12.8. The lowest BCUT2D eigenvalue weighted by Crippen LogP contribution is -2.54. The number of likely N-dealkylation sites (tertiary alicyclic amines) is 1. The minimum absolute atomic E-state index is 0.0264. The zero-order valence-corrected chi connectivity index (χ0v) is 15.2. The van der Waals surface area contributed by atoms with Crippen LogP contribution >= 0.6 is 11.3 Å². The smallest absolute Gasteiger partial charge is 0.338 e. The van der Waals surface area contributed by atoms with Gasteiger partial charge in [0.2, 0.25) is 5.91 Å². The first-order chi connectivity index (χ1) is 12.5. The molecule has 0 N–H and O–H groups in total. The van der Waals surface area contributed by atoms with Gasteiger partial charge in [0.1, 0.15) is 0 Å². The fourth-order valence-corrected chi connectivity index (χ4v) is 4.46. The second kappa shape index (κ2) is 6.64. The molecular formula is C19H19N3O3S. The largest absolute Gasteiger partial charge is 0.350 e. The first-order valence-electron chi connectivity index (χ1n) is 8.71. The van der Waals surface area contributed by atoms with Crippen LogP contribution in [0.2, 0.25) is 0 Å². The highest BCUT2D eigenvalue weighted by Crippen LogP contribution is 2.27. The standard InChI is InChI=1S/C19H19N3O3S/c1-12-6-7-16(26-12)18(24)21-10-8-13(9-11-21)22-17(23)14-4-2-3-5-15(14)20-19(22)25/h2-7,13-14H,8-11H2,1H3. The van der Waals surface area contributed by atoms with Gasteiger partial charge in [0.25, 0.3) is 5.91 Å². The number of imide groups is 1. The minimum atomic E-state index is -0.486. The van der Waals surface area contributed by atoms with Gasteiger partial charge in [-0.2, -0.15) is 4.99 Å². The average Bonchev–Trinajstić information content (AvgIpc) is 3.08. The molecule has 1 aromatic heterocycles. The van der Waals surface area contributed by atoms with Gasteiger partial charge in [0.05, 0.1) is 16.5 Å². The van der Waals surface area contributed by atoms with Crippen LogP contribution in [0.3, 0.4) is 0 Å². The van der Waals surface area contributed by atoms with Crippen molar-refractivity contribution >= 4 is 34.9 Å². The molecule has 26 heavy (non-hydrogen) atoms. The van der Waals surface area contributed by atoms with E-state index in [0.717, 1.165) is 9.75 Å². The molecule has 0 radical (unpaired) electrons. The number of aryl methyl sites for hydroxylation is 1. The Kier molecular flexibility index (Phi) is 4.32. The van der Waals surface area contributed by atoms with E-state index in [1.54, 1.807) is 29.2 Å². The normalized spacial score (nSPS) is 23.3. The Morgan fingerprint density at radius 3 is 2.65 bits per heavy atom. The zero-order chi connectivity index (χ0) is 18.3. The topological polar surface area (TPSA) is 70.1 Å². The number of carbonyl (C=O) groups excluding carboxylic acids is 3. The number of nitrogens with zero attached hydrogens (tertiary/aromatic N) is 3. The molecule has 4 amide bonds.